The summed E-state index contributed by atoms with van der Waals surface area (Å²) in [4.78, 5) is 6.42. The number of hydrogen-bond donors (Lipinski definition) is 0. The Morgan fingerprint density at radius 1 is 1.00 bits per heavy atom. The van der Waals surface area contributed by atoms with Crippen molar-refractivity contribution in [1.29, 1.82) is 0 Å². The van der Waals surface area contributed by atoms with Gasteiger partial charge >= 0.3 is 0 Å². The summed E-state index contributed by atoms with van der Waals surface area (Å²) in [5, 5.41) is 2.34. The van der Waals surface area contributed by atoms with E-state index >= 15 is 0 Å². The molecule has 0 bridgehead atoms. The zero-order chi connectivity index (χ0) is 17.1. The molecule has 1 saturated heterocycles. The van der Waals surface area contributed by atoms with Gasteiger partial charge in [0.05, 0.1) is 11.7 Å². The standard InChI is InChI=1S/C19H24N4S2/c1-22(11-15-5-6-18-19(10-15)21-25-20-18)13-17-9-16(14-24-17)12-23-7-3-2-4-8-23/h5-6,9-10,14H,2-4,7-8,11-13H2,1H3. The van der Waals surface area contributed by atoms with E-state index in [1.54, 1.807) is 0 Å². The fraction of sp³-hybridized carbons (Fsp3) is 0.474. The highest BCUT2D eigenvalue weighted by atomic mass is 32.1. The summed E-state index contributed by atoms with van der Waals surface area (Å²) in [5.41, 5.74) is 4.78. The summed E-state index contributed by atoms with van der Waals surface area (Å²) >= 11 is 3.18. The van der Waals surface area contributed by atoms with Crippen molar-refractivity contribution in [3.63, 3.8) is 0 Å². The van der Waals surface area contributed by atoms with Gasteiger partial charge in [0.1, 0.15) is 11.0 Å². The summed E-state index contributed by atoms with van der Waals surface area (Å²) in [7, 11) is 2.19. The van der Waals surface area contributed by atoms with E-state index < -0.39 is 0 Å². The van der Waals surface area contributed by atoms with Crippen LogP contribution < -0.4 is 0 Å². The van der Waals surface area contributed by atoms with Crippen LogP contribution in [0.2, 0.25) is 0 Å². The average Bonchev–Trinajstić information content (AvgIpc) is 3.24. The van der Waals surface area contributed by atoms with Gasteiger partial charge in [-0.2, -0.15) is 8.75 Å². The molecule has 4 nitrogen and oxygen atoms in total. The lowest BCUT2D eigenvalue weighted by atomic mass is 10.1. The van der Waals surface area contributed by atoms with Crippen molar-refractivity contribution in [3.8, 4) is 0 Å². The van der Waals surface area contributed by atoms with Crippen molar-refractivity contribution < 1.29 is 0 Å². The van der Waals surface area contributed by atoms with Gasteiger partial charge in [0.15, 0.2) is 0 Å². The van der Waals surface area contributed by atoms with E-state index in [1.165, 1.54) is 60.1 Å². The van der Waals surface area contributed by atoms with Gasteiger partial charge in [0.25, 0.3) is 0 Å². The molecule has 0 N–H and O–H groups in total. The predicted octanol–water partition coefficient (Wildman–Crippen LogP) is 4.37. The third kappa shape index (κ3) is 4.44. The maximum Gasteiger partial charge on any atom is 0.105 e. The number of hydrogen-bond acceptors (Lipinski definition) is 6. The van der Waals surface area contributed by atoms with Crippen molar-refractivity contribution in [3.05, 3.63) is 45.6 Å². The first kappa shape index (κ1) is 17.1. The Kier molecular flexibility index (Phi) is 5.41. The highest BCUT2D eigenvalue weighted by molar-refractivity contribution is 7.10. The van der Waals surface area contributed by atoms with Gasteiger partial charge in [-0.1, -0.05) is 12.5 Å². The fourth-order valence-electron chi connectivity index (χ4n) is 3.53. The van der Waals surface area contributed by atoms with Gasteiger partial charge < -0.3 is 0 Å². The summed E-state index contributed by atoms with van der Waals surface area (Å²) in [6, 6.07) is 8.79. The summed E-state index contributed by atoms with van der Waals surface area (Å²) in [5.74, 6) is 0. The van der Waals surface area contributed by atoms with Crippen molar-refractivity contribution in [2.75, 3.05) is 20.1 Å². The Hall–Kier alpha value is -1.34. The largest absolute Gasteiger partial charge is 0.299 e. The number of nitrogens with zero attached hydrogens (tertiary/aromatic N) is 4. The van der Waals surface area contributed by atoms with Crippen LogP contribution in [0.4, 0.5) is 0 Å². The molecule has 0 saturated carbocycles. The summed E-state index contributed by atoms with van der Waals surface area (Å²) < 4.78 is 8.61. The number of fused-ring (bicyclic) bond motifs is 1. The predicted molar refractivity (Wildman–Crippen MR) is 106 cm³/mol. The molecule has 0 unspecified atom stereocenters. The van der Waals surface area contributed by atoms with Gasteiger partial charge in [0.2, 0.25) is 0 Å². The Bertz CT molecular complexity index is 820. The molecule has 0 spiro atoms. The fourth-order valence-corrected chi connectivity index (χ4v) is 5.00. The smallest absolute Gasteiger partial charge is 0.105 e. The zero-order valence-corrected chi connectivity index (χ0v) is 16.3. The van der Waals surface area contributed by atoms with Gasteiger partial charge in [-0.3, -0.25) is 9.80 Å². The first-order valence-corrected chi connectivity index (χ1v) is 10.6. The molecule has 2 aromatic heterocycles. The maximum absolute atomic E-state index is 4.34. The van der Waals surface area contributed by atoms with Crippen LogP contribution in [0, 0.1) is 0 Å². The molecule has 132 valence electrons. The molecule has 1 aliphatic heterocycles. The minimum atomic E-state index is 0.937. The summed E-state index contributed by atoms with van der Waals surface area (Å²) in [6.07, 6.45) is 4.12. The van der Waals surface area contributed by atoms with Gasteiger partial charge in [-0.05, 0) is 67.7 Å². The lowest BCUT2D eigenvalue weighted by molar-refractivity contribution is 0.221. The number of thiophene rings is 1. The van der Waals surface area contributed by atoms with Crippen LogP contribution in [0.1, 0.15) is 35.3 Å². The van der Waals surface area contributed by atoms with Crippen LogP contribution >= 0.6 is 23.1 Å². The molecule has 0 atom stereocenters. The van der Waals surface area contributed by atoms with E-state index in [0.29, 0.717) is 0 Å². The van der Waals surface area contributed by atoms with E-state index in [2.05, 4.69) is 55.2 Å². The third-order valence-corrected chi connectivity index (χ3v) is 6.29. The second-order valence-electron chi connectivity index (χ2n) is 7.02. The van der Waals surface area contributed by atoms with Crippen LogP contribution in [-0.2, 0) is 19.6 Å². The van der Waals surface area contributed by atoms with E-state index in [1.807, 2.05) is 11.3 Å². The minimum Gasteiger partial charge on any atom is -0.299 e. The molecule has 1 aliphatic rings. The number of rotatable bonds is 6. The number of piperidine rings is 1. The molecule has 0 radical (unpaired) electrons. The second kappa shape index (κ2) is 7.91. The zero-order valence-electron chi connectivity index (χ0n) is 14.6. The Balaban J connectivity index is 1.33. The molecule has 3 aromatic rings. The highest BCUT2D eigenvalue weighted by Gasteiger charge is 2.12. The first-order valence-electron chi connectivity index (χ1n) is 8.95. The average molecular weight is 373 g/mol. The third-order valence-electron chi connectivity index (χ3n) is 4.76. The van der Waals surface area contributed by atoms with E-state index in [0.717, 1.165) is 30.7 Å². The molecular formula is C19H24N4S2. The Labute approximate surface area is 157 Å². The van der Waals surface area contributed by atoms with Crippen LogP contribution in [0.25, 0.3) is 11.0 Å². The van der Waals surface area contributed by atoms with Crippen LogP contribution in [0.5, 0.6) is 0 Å². The number of likely N-dealkylation sites (tertiary alicyclic amines) is 1. The lowest BCUT2D eigenvalue weighted by Gasteiger charge is -2.25. The summed E-state index contributed by atoms with van der Waals surface area (Å²) in [6.45, 7) is 5.58. The minimum absolute atomic E-state index is 0.937. The number of aromatic nitrogens is 2. The normalized spacial score (nSPS) is 16.1. The lowest BCUT2D eigenvalue weighted by Crippen LogP contribution is -2.28. The highest BCUT2D eigenvalue weighted by Crippen LogP contribution is 2.21. The first-order chi connectivity index (χ1) is 12.3. The molecule has 4 rings (SSSR count). The molecule has 1 aromatic carbocycles. The molecule has 6 heteroatoms. The van der Waals surface area contributed by atoms with Gasteiger partial charge in [0, 0.05) is 24.5 Å². The van der Waals surface area contributed by atoms with Gasteiger partial charge in [-0.15, -0.1) is 11.3 Å². The Morgan fingerprint density at radius 3 is 2.72 bits per heavy atom. The van der Waals surface area contributed by atoms with Crippen molar-refractivity contribution in [1.82, 2.24) is 18.5 Å². The van der Waals surface area contributed by atoms with E-state index in [9.17, 15) is 0 Å². The van der Waals surface area contributed by atoms with Crippen LogP contribution in [0.15, 0.2) is 29.6 Å². The van der Waals surface area contributed by atoms with E-state index in [4.69, 9.17) is 0 Å². The molecule has 0 aliphatic carbocycles. The quantitative estimate of drug-likeness (QED) is 0.643. The van der Waals surface area contributed by atoms with Crippen LogP contribution in [0.3, 0.4) is 0 Å². The number of benzene rings is 1. The topological polar surface area (TPSA) is 32.3 Å². The van der Waals surface area contributed by atoms with Crippen molar-refractivity contribution in [2.45, 2.75) is 38.9 Å². The molecule has 25 heavy (non-hydrogen) atoms. The Morgan fingerprint density at radius 2 is 1.84 bits per heavy atom. The molecular weight excluding hydrogens is 348 g/mol. The van der Waals surface area contributed by atoms with Gasteiger partial charge in [-0.25, -0.2) is 0 Å². The molecule has 1 fully saturated rings. The maximum atomic E-state index is 4.34. The van der Waals surface area contributed by atoms with Crippen molar-refractivity contribution in [2.24, 2.45) is 0 Å². The van der Waals surface area contributed by atoms with Crippen LogP contribution in [-0.4, -0.2) is 38.7 Å². The van der Waals surface area contributed by atoms with E-state index in [-0.39, 0.29) is 0 Å². The van der Waals surface area contributed by atoms with Crippen molar-refractivity contribution >= 4 is 34.1 Å². The second-order valence-corrected chi connectivity index (χ2v) is 8.54. The SMILES string of the molecule is CN(Cc1ccc2nsnc2c1)Cc1cc(CN2CCCCC2)cs1. The molecule has 0 amide bonds. The molecule has 3 heterocycles. The monoisotopic (exact) mass is 372 g/mol.